The van der Waals surface area contributed by atoms with Gasteiger partial charge in [0.05, 0.1) is 24.3 Å². The van der Waals surface area contributed by atoms with E-state index in [-0.39, 0.29) is 0 Å². The van der Waals surface area contributed by atoms with Crippen LogP contribution >= 0.6 is 0 Å². The predicted molar refractivity (Wildman–Crippen MR) is 77.7 cm³/mol. The van der Waals surface area contributed by atoms with Crippen molar-refractivity contribution >= 4 is 0 Å². The third kappa shape index (κ3) is 3.01. The molecule has 0 aliphatic carbocycles. The Balaban J connectivity index is 1.81. The van der Waals surface area contributed by atoms with Crippen LogP contribution in [0.5, 0.6) is 0 Å². The molecule has 1 atom stereocenters. The summed E-state index contributed by atoms with van der Waals surface area (Å²) in [5.41, 5.74) is 3.42. The highest BCUT2D eigenvalue weighted by molar-refractivity contribution is 5.20. The monoisotopic (exact) mass is 290 g/mol. The Morgan fingerprint density at radius 3 is 2.95 bits per heavy atom. The lowest BCUT2D eigenvalue weighted by atomic mass is 10.1. The Morgan fingerprint density at radius 1 is 1.38 bits per heavy atom. The molecule has 0 bridgehead atoms. The van der Waals surface area contributed by atoms with Gasteiger partial charge in [-0.1, -0.05) is 5.16 Å². The second-order valence-electron chi connectivity index (χ2n) is 5.83. The normalized spacial score (nSPS) is 19.5. The van der Waals surface area contributed by atoms with Crippen molar-refractivity contribution in [2.45, 2.75) is 33.5 Å². The first kappa shape index (κ1) is 14.3. The molecule has 0 radical (unpaired) electrons. The van der Waals surface area contributed by atoms with E-state index in [1.54, 1.807) is 7.11 Å². The van der Waals surface area contributed by atoms with Crippen molar-refractivity contribution < 1.29 is 9.26 Å². The van der Waals surface area contributed by atoms with Crippen molar-refractivity contribution in [1.82, 2.24) is 19.6 Å². The number of rotatable bonds is 4. The van der Waals surface area contributed by atoms with Crippen LogP contribution in [0, 0.1) is 19.8 Å². The molecule has 6 nitrogen and oxygen atoms in total. The average molecular weight is 290 g/mol. The van der Waals surface area contributed by atoms with Gasteiger partial charge in [-0.25, -0.2) is 4.98 Å². The summed E-state index contributed by atoms with van der Waals surface area (Å²) >= 11 is 0. The third-order valence-electron chi connectivity index (χ3n) is 4.12. The van der Waals surface area contributed by atoms with E-state index in [0.717, 1.165) is 44.2 Å². The molecule has 1 unspecified atom stereocenters. The quantitative estimate of drug-likeness (QED) is 0.859. The lowest BCUT2D eigenvalue weighted by Crippen LogP contribution is -2.30. The number of imidazole rings is 1. The Morgan fingerprint density at radius 2 is 2.24 bits per heavy atom. The summed E-state index contributed by atoms with van der Waals surface area (Å²) in [6, 6.07) is 0. The van der Waals surface area contributed by atoms with Gasteiger partial charge in [-0.2, -0.15) is 0 Å². The molecule has 114 valence electrons. The summed E-state index contributed by atoms with van der Waals surface area (Å²) in [5.74, 6) is 1.37. The second kappa shape index (κ2) is 5.99. The first-order valence-corrected chi connectivity index (χ1v) is 7.29. The van der Waals surface area contributed by atoms with Crippen molar-refractivity contribution in [2.24, 2.45) is 5.92 Å². The molecule has 0 amide bonds. The van der Waals surface area contributed by atoms with E-state index in [4.69, 9.17) is 9.26 Å². The van der Waals surface area contributed by atoms with Gasteiger partial charge in [0.2, 0.25) is 0 Å². The van der Waals surface area contributed by atoms with E-state index in [0.29, 0.717) is 5.92 Å². The Kier molecular flexibility index (Phi) is 4.07. The van der Waals surface area contributed by atoms with Gasteiger partial charge in [0.1, 0.15) is 5.76 Å². The zero-order valence-electron chi connectivity index (χ0n) is 12.9. The van der Waals surface area contributed by atoms with Crippen LogP contribution in [0.3, 0.4) is 0 Å². The minimum absolute atomic E-state index is 0.464. The number of ether oxygens (including phenoxy) is 1. The molecule has 3 rings (SSSR count). The molecular weight excluding hydrogens is 268 g/mol. The van der Waals surface area contributed by atoms with Gasteiger partial charge in [-0.15, -0.1) is 0 Å². The third-order valence-corrected chi connectivity index (χ3v) is 4.12. The summed E-state index contributed by atoms with van der Waals surface area (Å²) in [4.78, 5) is 6.70. The summed E-state index contributed by atoms with van der Waals surface area (Å²) in [6.45, 7) is 8.44. The van der Waals surface area contributed by atoms with Crippen LogP contribution < -0.4 is 0 Å². The van der Waals surface area contributed by atoms with Gasteiger partial charge in [-0.3, -0.25) is 4.90 Å². The van der Waals surface area contributed by atoms with Gasteiger partial charge in [0.25, 0.3) is 0 Å². The molecule has 21 heavy (non-hydrogen) atoms. The molecule has 0 saturated heterocycles. The highest BCUT2D eigenvalue weighted by Crippen LogP contribution is 2.21. The van der Waals surface area contributed by atoms with Crippen LogP contribution in [-0.2, 0) is 24.4 Å². The molecule has 0 aromatic carbocycles. The maximum absolute atomic E-state index is 5.37. The lowest BCUT2D eigenvalue weighted by molar-refractivity contribution is 0.115. The Labute approximate surface area is 124 Å². The minimum Gasteiger partial charge on any atom is -0.384 e. The number of aryl methyl sites for hydroxylation is 2. The molecule has 0 spiro atoms. The predicted octanol–water partition coefficient (Wildman–Crippen LogP) is 1.77. The van der Waals surface area contributed by atoms with E-state index >= 15 is 0 Å². The zero-order chi connectivity index (χ0) is 14.8. The van der Waals surface area contributed by atoms with Gasteiger partial charge in [-0.05, 0) is 13.8 Å². The van der Waals surface area contributed by atoms with E-state index in [1.807, 2.05) is 26.4 Å². The minimum atomic E-state index is 0.464. The number of hydrogen-bond donors (Lipinski definition) is 0. The maximum atomic E-state index is 5.37. The molecule has 0 N–H and O–H groups in total. The van der Waals surface area contributed by atoms with Crippen molar-refractivity contribution in [2.75, 3.05) is 20.3 Å². The summed E-state index contributed by atoms with van der Waals surface area (Å²) in [5, 5.41) is 4.05. The molecule has 0 saturated carbocycles. The van der Waals surface area contributed by atoms with Gasteiger partial charge in [0, 0.05) is 51.0 Å². The summed E-state index contributed by atoms with van der Waals surface area (Å²) < 4.78 is 12.9. The van der Waals surface area contributed by atoms with Crippen LogP contribution in [0.1, 0.15) is 22.7 Å². The number of methoxy groups -OCH3 is 1. The van der Waals surface area contributed by atoms with E-state index in [2.05, 4.69) is 19.6 Å². The zero-order valence-corrected chi connectivity index (χ0v) is 12.9. The molecular formula is C15H22N4O2. The maximum Gasteiger partial charge on any atom is 0.138 e. The fraction of sp³-hybridized carbons (Fsp3) is 0.600. The van der Waals surface area contributed by atoms with Gasteiger partial charge < -0.3 is 13.8 Å². The standard InChI is InChI=1S/C15H22N4O2/c1-11-15(12(2)21-17-11)8-18-5-13(9-20-3)6-19-10-16-4-14(19)7-18/h4,10,13H,5-9H2,1-3H3. The van der Waals surface area contributed by atoms with Crippen molar-refractivity contribution in [3.63, 3.8) is 0 Å². The highest BCUT2D eigenvalue weighted by atomic mass is 16.5. The van der Waals surface area contributed by atoms with Crippen LogP contribution in [0.2, 0.25) is 0 Å². The van der Waals surface area contributed by atoms with Gasteiger partial charge in [0.15, 0.2) is 0 Å². The largest absolute Gasteiger partial charge is 0.384 e. The van der Waals surface area contributed by atoms with E-state index in [9.17, 15) is 0 Å². The topological polar surface area (TPSA) is 56.3 Å². The molecule has 0 fully saturated rings. The fourth-order valence-corrected chi connectivity index (χ4v) is 3.05. The second-order valence-corrected chi connectivity index (χ2v) is 5.83. The van der Waals surface area contributed by atoms with Crippen LogP contribution in [-0.4, -0.2) is 39.9 Å². The van der Waals surface area contributed by atoms with Gasteiger partial charge >= 0.3 is 0 Å². The average Bonchev–Trinajstić information content (AvgIpc) is 2.96. The number of nitrogens with zero attached hydrogens (tertiary/aromatic N) is 4. The smallest absolute Gasteiger partial charge is 0.138 e. The van der Waals surface area contributed by atoms with Crippen molar-refractivity contribution in [3.8, 4) is 0 Å². The number of aromatic nitrogens is 3. The first-order valence-electron chi connectivity index (χ1n) is 7.29. The fourth-order valence-electron chi connectivity index (χ4n) is 3.05. The van der Waals surface area contributed by atoms with Crippen LogP contribution in [0.15, 0.2) is 17.0 Å². The number of hydrogen-bond acceptors (Lipinski definition) is 5. The molecule has 1 aliphatic heterocycles. The van der Waals surface area contributed by atoms with Crippen molar-refractivity contribution in [3.05, 3.63) is 35.2 Å². The van der Waals surface area contributed by atoms with Crippen LogP contribution in [0.25, 0.3) is 0 Å². The molecule has 3 heterocycles. The van der Waals surface area contributed by atoms with Crippen LogP contribution in [0.4, 0.5) is 0 Å². The molecule has 6 heteroatoms. The molecule has 2 aromatic heterocycles. The molecule has 1 aliphatic rings. The van der Waals surface area contributed by atoms with Crippen molar-refractivity contribution in [1.29, 1.82) is 0 Å². The number of fused-ring (bicyclic) bond motifs is 1. The summed E-state index contributed by atoms with van der Waals surface area (Å²) in [7, 11) is 1.76. The first-order chi connectivity index (χ1) is 10.2. The molecule has 2 aromatic rings. The van der Waals surface area contributed by atoms with E-state index < -0.39 is 0 Å². The Hall–Kier alpha value is -1.66. The lowest BCUT2D eigenvalue weighted by Gasteiger charge is -2.23. The SMILES string of the molecule is COCC1CN(Cc2c(C)noc2C)Cc2cncn2C1. The van der Waals surface area contributed by atoms with E-state index in [1.165, 1.54) is 11.3 Å². The summed E-state index contributed by atoms with van der Waals surface area (Å²) in [6.07, 6.45) is 3.87. The Bertz CT molecular complexity index is 585. The highest BCUT2D eigenvalue weighted by Gasteiger charge is 2.23.